The van der Waals surface area contributed by atoms with Crippen molar-refractivity contribution in [3.8, 4) is 0 Å². The molecular weight excluding hydrogens is 270 g/mol. The van der Waals surface area contributed by atoms with Crippen LogP contribution in [0.25, 0.3) is 0 Å². The fourth-order valence-electron chi connectivity index (χ4n) is 2.56. The largest absolute Gasteiger partial charge is 0.392 e. The van der Waals surface area contributed by atoms with E-state index in [0.29, 0.717) is 18.8 Å². The molecule has 1 fully saturated rings. The number of aliphatic hydroxyl groups is 1. The highest BCUT2D eigenvalue weighted by Crippen LogP contribution is 2.25. The van der Waals surface area contributed by atoms with E-state index in [1.807, 2.05) is 39.5 Å². The minimum absolute atomic E-state index is 0.125. The van der Waals surface area contributed by atoms with Crippen molar-refractivity contribution in [2.24, 2.45) is 0 Å². The summed E-state index contributed by atoms with van der Waals surface area (Å²) in [5.74, 6) is 0.201. The maximum absolute atomic E-state index is 12.4. The minimum Gasteiger partial charge on any atom is -0.392 e. The molecule has 6 nitrogen and oxygen atoms in total. The Kier molecular flexibility index (Phi) is 4.39. The molecule has 2 rings (SSSR count). The molecule has 0 saturated carbocycles. The minimum atomic E-state index is -0.456. The van der Waals surface area contributed by atoms with Gasteiger partial charge in [-0.25, -0.2) is 0 Å². The zero-order chi connectivity index (χ0) is 15.8. The highest BCUT2D eigenvalue weighted by atomic mass is 16.5. The Morgan fingerprint density at radius 1 is 1.52 bits per heavy atom. The Morgan fingerprint density at radius 3 is 2.71 bits per heavy atom. The molecule has 0 radical (unpaired) electrons. The lowest BCUT2D eigenvalue weighted by Crippen LogP contribution is -2.43. The number of likely N-dealkylation sites (tertiary alicyclic amines) is 1. The van der Waals surface area contributed by atoms with Gasteiger partial charge < -0.3 is 9.63 Å². The number of amides is 1. The van der Waals surface area contributed by atoms with E-state index in [9.17, 15) is 9.90 Å². The van der Waals surface area contributed by atoms with Crippen molar-refractivity contribution in [3.05, 3.63) is 11.8 Å². The average molecular weight is 295 g/mol. The summed E-state index contributed by atoms with van der Waals surface area (Å²) < 4.78 is 5.18. The molecule has 1 aliphatic heterocycles. The molecule has 0 spiro atoms. The zero-order valence-corrected chi connectivity index (χ0v) is 13.4. The van der Waals surface area contributed by atoms with Crippen molar-refractivity contribution >= 4 is 11.8 Å². The smallest absolute Gasteiger partial charge is 0.244 e. The molecule has 1 aliphatic rings. The molecule has 1 amide bonds. The van der Waals surface area contributed by atoms with Gasteiger partial charge in [-0.3, -0.25) is 15.0 Å². The molecule has 0 unspecified atom stereocenters. The first-order chi connectivity index (χ1) is 9.68. The lowest BCUT2D eigenvalue weighted by molar-refractivity contribution is -0.121. The SMILES string of the molecule is CC(C)N1C[C@H](O)C[C@H]1C(=O)Nc1cc(C(C)(C)C)no1. The Morgan fingerprint density at radius 2 is 2.19 bits per heavy atom. The quantitative estimate of drug-likeness (QED) is 0.888. The number of anilines is 1. The summed E-state index contributed by atoms with van der Waals surface area (Å²) in [6, 6.07) is 1.63. The van der Waals surface area contributed by atoms with Crippen LogP contribution in [0.3, 0.4) is 0 Å². The van der Waals surface area contributed by atoms with Gasteiger partial charge in [0.05, 0.1) is 17.8 Å². The number of aliphatic hydroxyl groups excluding tert-OH is 1. The van der Waals surface area contributed by atoms with Gasteiger partial charge in [0.2, 0.25) is 11.8 Å². The summed E-state index contributed by atoms with van der Waals surface area (Å²) in [7, 11) is 0. The molecule has 0 aromatic carbocycles. The van der Waals surface area contributed by atoms with Crippen LogP contribution in [-0.4, -0.2) is 45.8 Å². The van der Waals surface area contributed by atoms with Gasteiger partial charge in [0.15, 0.2) is 0 Å². The Labute approximate surface area is 125 Å². The molecule has 2 N–H and O–H groups in total. The molecule has 2 heterocycles. The number of carbonyl (C=O) groups is 1. The predicted molar refractivity (Wildman–Crippen MR) is 80.1 cm³/mol. The van der Waals surface area contributed by atoms with Crippen molar-refractivity contribution in [2.75, 3.05) is 11.9 Å². The van der Waals surface area contributed by atoms with Gasteiger partial charge in [0.1, 0.15) is 0 Å². The first-order valence-corrected chi connectivity index (χ1v) is 7.40. The van der Waals surface area contributed by atoms with Gasteiger partial charge in [-0.2, -0.15) is 0 Å². The van der Waals surface area contributed by atoms with Crippen LogP contribution >= 0.6 is 0 Å². The first-order valence-electron chi connectivity index (χ1n) is 7.40. The molecule has 1 aromatic rings. The van der Waals surface area contributed by atoms with E-state index < -0.39 is 6.10 Å². The highest BCUT2D eigenvalue weighted by Gasteiger charge is 2.37. The number of aromatic nitrogens is 1. The predicted octanol–water partition coefficient (Wildman–Crippen LogP) is 1.75. The van der Waals surface area contributed by atoms with Crippen LogP contribution in [0.2, 0.25) is 0 Å². The lowest BCUT2D eigenvalue weighted by atomic mass is 9.92. The van der Waals surface area contributed by atoms with Crippen molar-refractivity contribution in [1.29, 1.82) is 0 Å². The van der Waals surface area contributed by atoms with E-state index in [2.05, 4.69) is 10.5 Å². The van der Waals surface area contributed by atoms with Crippen LogP contribution < -0.4 is 5.32 Å². The highest BCUT2D eigenvalue weighted by molar-refractivity contribution is 5.94. The number of β-amino-alcohol motifs (C(OH)–C–C–N with tert-alkyl or cyclic N) is 1. The number of rotatable bonds is 3. The number of hydrogen-bond acceptors (Lipinski definition) is 5. The van der Waals surface area contributed by atoms with Crippen LogP contribution in [0.1, 0.15) is 46.7 Å². The molecule has 118 valence electrons. The Hall–Kier alpha value is -1.40. The van der Waals surface area contributed by atoms with Crippen molar-refractivity contribution in [3.63, 3.8) is 0 Å². The number of nitrogens with zero attached hydrogens (tertiary/aromatic N) is 2. The van der Waals surface area contributed by atoms with Gasteiger partial charge in [0, 0.05) is 24.1 Å². The molecular formula is C15H25N3O3. The van der Waals surface area contributed by atoms with Crippen molar-refractivity contribution in [2.45, 2.75) is 64.6 Å². The van der Waals surface area contributed by atoms with Crippen molar-refractivity contribution < 1.29 is 14.4 Å². The number of carbonyl (C=O) groups excluding carboxylic acids is 1. The fraction of sp³-hybridized carbons (Fsp3) is 0.733. The summed E-state index contributed by atoms with van der Waals surface area (Å²) in [6.45, 7) is 10.7. The Bertz CT molecular complexity index is 505. The third kappa shape index (κ3) is 3.63. The van der Waals surface area contributed by atoms with E-state index in [1.54, 1.807) is 6.07 Å². The monoisotopic (exact) mass is 295 g/mol. The van der Waals surface area contributed by atoms with Crippen molar-refractivity contribution in [1.82, 2.24) is 10.1 Å². The van der Waals surface area contributed by atoms with Crippen LogP contribution in [0.4, 0.5) is 5.88 Å². The number of nitrogens with one attached hydrogen (secondary N) is 1. The molecule has 21 heavy (non-hydrogen) atoms. The standard InChI is InChI=1S/C15H25N3O3/c1-9(2)18-8-10(19)6-11(18)14(20)16-13-7-12(17-21-13)15(3,4)5/h7,9-11,19H,6,8H2,1-5H3,(H,16,20)/t10-,11+/m1/s1. The van der Waals surface area contributed by atoms with Crippen LogP contribution in [0.5, 0.6) is 0 Å². The van der Waals surface area contributed by atoms with Gasteiger partial charge >= 0.3 is 0 Å². The second-order valence-corrected chi connectivity index (χ2v) is 7.01. The van der Waals surface area contributed by atoms with Crippen LogP contribution in [-0.2, 0) is 10.2 Å². The molecule has 1 saturated heterocycles. The maximum Gasteiger partial charge on any atom is 0.244 e. The summed E-state index contributed by atoms with van der Waals surface area (Å²) in [4.78, 5) is 14.4. The maximum atomic E-state index is 12.4. The molecule has 2 atom stereocenters. The van der Waals surface area contributed by atoms with E-state index >= 15 is 0 Å². The third-order valence-corrected chi connectivity index (χ3v) is 3.81. The molecule has 0 aliphatic carbocycles. The first kappa shape index (κ1) is 16.0. The second-order valence-electron chi connectivity index (χ2n) is 7.01. The van der Waals surface area contributed by atoms with Gasteiger partial charge in [0.25, 0.3) is 0 Å². The van der Waals surface area contributed by atoms with Crippen LogP contribution in [0.15, 0.2) is 10.6 Å². The van der Waals surface area contributed by atoms with Gasteiger partial charge in [-0.05, 0) is 20.3 Å². The summed E-state index contributed by atoms with van der Waals surface area (Å²) in [5.41, 5.74) is 0.671. The zero-order valence-electron chi connectivity index (χ0n) is 13.4. The third-order valence-electron chi connectivity index (χ3n) is 3.81. The second kappa shape index (κ2) is 5.77. The fourth-order valence-corrected chi connectivity index (χ4v) is 2.56. The lowest BCUT2D eigenvalue weighted by Gasteiger charge is -2.26. The van der Waals surface area contributed by atoms with E-state index in [4.69, 9.17) is 4.52 Å². The van der Waals surface area contributed by atoms with E-state index in [0.717, 1.165) is 5.69 Å². The summed E-state index contributed by atoms with van der Waals surface area (Å²) >= 11 is 0. The molecule has 6 heteroatoms. The van der Waals surface area contributed by atoms with Gasteiger partial charge in [-0.1, -0.05) is 25.9 Å². The normalized spacial score (nSPS) is 23.8. The number of hydrogen-bond donors (Lipinski definition) is 2. The summed E-state index contributed by atoms with van der Waals surface area (Å²) in [5, 5.41) is 16.5. The van der Waals surface area contributed by atoms with E-state index in [1.165, 1.54) is 0 Å². The molecule has 0 bridgehead atoms. The summed E-state index contributed by atoms with van der Waals surface area (Å²) in [6.07, 6.45) is -0.00686. The van der Waals surface area contributed by atoms with Crippen LogP contribution in [0, 0.1) is 0 Å². The van der Waals surface area contributed by atoms with E-state index in [-0.39, 0.29) is 23.4 Å². The molecule has 1 aromatic heterocycles. The topological polar surface area (TPSA) is 78.6 Å². The van der Waals surface area contributed by atoms with Gasteiger partial charge in [-0.15, -0.1) is 0 Å². The average Bonchev–Trinajstić information content (AvgIpc) is 2.94. The Balaban J connectivity index is 2.06.